The molecule has 1 atom stereocenters. The van der Waals surface area contributed by atoms with Crippen LogP contribution in [0.25, 0.3) is 0 Å². The van der Waals surface area contributed by atoms with Crippen molar-refractivity contribution in [3.05, 3.63) is 59.7 Å². The first-order valence-electron chi connectivity index (χ1n) is 7.40. The van der Waals surface area contributed by atoms with E-state index in [-0.39, 0.29) is 18.4 Å². The molecule has 1 N–H and O–H groups in total. The molecular formula is C18H19NO3. The standard InChI is InChI=1S/C18H19NO3/c1-13-6-8-15(9-7-13)21-12-18(20)19-10-14-11-22-17-5-3-2-4-16(14)17/h2-9,14H,10-12H2,1H3,(H,19,20). The fourth-order valence-corrected chi connectivity index (χ4v) is 2.47. The van der Waals surface area contributed by atoms with Gasteiger partial charge in [-0.2, -0.15) is 0 Å². The van der Waals surface area contributed by atoms with Gasteiger partial charge in [-0.1, -0.05) is 35.9 Å². The van der Waals surface area contributed by atoms with Gasteiger partial charge in [0, 0.05) is 18.0 Å². The summed E-state index contributed by atoms with van der Waals surface area (Å²) in [5.41, 5.74) is 2.32. The number of hydrogen-bond acceptors (Lipinski definition) is 3. The highest BCUT2D eigenvalue weighted by atomic mass is 16.5. The van der Waals surface area contributed by atoms with Crippen molar-refractivity contribution in [2.45, 2.75) is 12.8 Å². The van der Waals surface area contributed by atoms with Crippen molar-refractivity contribution in [2.24, 2.45) is 0 Å². The monoisotopic (exact) mass is 297 g/mol. The smallest absolute Gasteiger partial charge is 0.257 e. The van der Waals surface area contributed by atoms with Gasteiger partial charge in [-0.05, 0) is 25.1 Å². The van der Waals surface area contributed by atoms with E-state index in [1.165, 1.54) is 0 Å². The zero-order chi connectivity index (χ0) is 15.4. The number of aryl methyl sites for hydroxylation is 1. The van der Waals surface area contributed by atoms with Crippen LogP contribution in [0.3, 0.4) is 0 Å². The molecule has 3 rings (SSSR count). The first-order chi connectivity index (χ1) is 10.7. The number of benzene rings is 2. The van der Waals surface area contributed by atoms with Crippen LogP contribution in [0.2, 0.25) is 0 Å². The highest BCUT2D eigenvalue weighted by molar-refractivity contribution is 5.77. The molecule has 114 valence electrons. The molecule has 22 heavy (non-hydrogen) atoms. The quantitative estimate of drug-likeness (QED) is 0.923. The summed E-state index contributed by atoms with van der Waals surface area (Å²) in [5.74, 6) is 1.71. The lowest BCUT2D eigenvalue weighted by Gasteiger charge is -2.11. The molecule has 1 aliphatic rings. The summed E-state index contributed by atoms with van der Waals surface area (Å²) in [6, 6.07) is 15.6. The number of carbonyl (C=O) groups is 1. The van der Waals surface area contributed by atoms with Crippen LogP contribution < -0.4 is 14.8 Å². The number of para-hydroxylation sites is 1. The van der Waals surface area contributed by atoms with Gasteiger partial charge in [-0.15, -0.1) is 0 Å². The molecule has 0 aliphatic carbocycles. The third-order valence-electron chi connectivity index (χ3n) is 3.74. The van der Waals surface area contributed by atoms with E-state index >= 15 is 0 Å². The lowest BCUT2D eigenvalue weighted by molar-refractivity contribution is -0.123. The molecule has 0 fully saturated rings. The van der Waals surface area contributed by atoms with Crippen LogP contribution >= 0.6 is 0 Å². The summed E-state index contributed by atoms with van der Waals surface area (Å²) in [5, 5.41) is 2.90. The lowest BCUT2D eigenvalue weighted by atomic mass is 10.0. The van der Waals surface area contributed by atoms with E-state index in [1.807, 2.05) is 55.5 Å². The van der Waals surface area contributed by atoms with E-state index in [4.69, 9.17) is 9.47 Å². The maximum atomic E-state index is 11.9. The van der Waals surface area contributed by atoms with E-state index in [9.17, 15) is 4.79 Å². The predicted octanol–water partition coefficient (Wildman–Crippen LogP) is 2.67. The van der Waals surface area contributed by atoms with E-state index in [1.54, 1.807) is 0 Å². The third kappa shape index (κ3) is 3.39. The molecule has 0 saturated carbocycles. The molecule has 2 aromatic rings. The van der Waals surface area contributed by atoms with Crippen LogP contribution in [0.15, 0.2) is 48.5 Å². The highest BCUT2D eigenvalue weighted by Gasteiger charge is 2.23. The summed E-state index contributed by atoms with van der Waals surface area (Å²) in [7, 11) is 0. The SMILES string of the molecule is Cc1ccc(OCC(=O)NCC2COc3ccccc32)cc1. The molecule has 0 spiro atoms. The fraction of sp³-hybridized carbons (Fsp3) is 0.278. The number of nitrogens with one attached hydrogen (secondary N) is 1. The first-order valence-corrected chi connectivity index (χ1v) is 7.40. The van der Waals surface area contributed by atoms with Crippen LogP contribution in [-0.2, 0) is 4.79 Å². The Morgan fingerprint density at radius 1 is 1.23 bits per heavy atom. The molecule has 1 unspecified atom stereocenters. The zero-order valence-electron chi connectivity index (χ0n) is 12.5. The summed E-state index contributed by atoms with van der Waals surface area (Å²) in [6.45, 7) is 3.21. The molecule has 0 radical (unpaired) electrons. The minimum absolute atomic E-state index is 0.0261. The van der Waals surface area contributed by atoms with Crippen molar-refractivity contribution in [2.75, 3.05) is 19.8 Å². The van der Waals surface area contributed by atoms with Crippen LogP contribution in [0.1, 0.15) is 17.0 Å². The Hall–Kier alpha value is -2.49. The van der Waals surface area contributed by atoms with Gasteiger partial charge in [-0.3, -0.25) is 4.79 Å². The molecule has 4 heteroatoms. The van der Waals surface area contributed by atoms with Gasteiger partial charge >= 0.3 is 0 Å². The average Bonchev–Trinajstić information content (AvgIpc) is 2.96. The Morgan fingerprint density at radius 2 is 2.00 bits per heavy atom. The Labute approximate surface area is 130 Å². The van der Waals surface area contributed by atoms with E-state index < -0.39 is 0 Å². The Balaban J connectivity index is 1.46. The second kappa shape index (κ2) is 6.52. The molecule has 0 saturated heterocycles. The van der Waals surface area contributed by atoms with Gasteiger partial charge in [0.15, 0.2) is 6.61 Å². The molecule has 1 heterocycles. The molecular weight excluding hydrogens is 278 g/mol. The van der Waals surface area contributed by atoms with Crippen molar-refractivity contribution in [1.29, 1.82) is 0 Å². The molecule has 1 amide bonds. The average molecular weight is 297 g/mol. The Morgan fingerprint density at radius 3 is 2.82 bits per heavy atom. The van der Waals surface area contributed by atoms with Gasteiger partial charge in [0.25, 0.3) is 5.91 Å². The highest BCUT2D eigenvalue weighted by Crippen LogP contribution is 2.32. The molecule has 2 aromatic carbocycles. The third-order valence-corrected chi connectivity index (χ3v) is 3.74. The second-order valence-corrected chi connectivity index (χ2v) is 5.45. The zero-order valence-corrected chi connectivity index (χ0v) is 12.5. The number of ether oxygens (including phenoxy) is 2. The molecule has 4 nitrogen and oxygen atoms in total. The van der Waals surface area contributed by atoms with E-state index in [0.29, 0.717) is 18.9 Å². The predicted molar refractivity (Wildman–Crippen MR) is 84.4 cm³/mol. The van der Waals surface area contributed by atoms with Crippen molar-refractivity contribution in [3.8, 4) is 11.5 Å². The van der Waals surface area contributed by atoms with Crippen LogP contribution in [0, 0.1) is 6.92 Å². The Kier molecular flexibility index (Phi) is 4.28. The molecule has 0 bridgehead atoms. The number of fused-ring (bicyclic) bond motifs is 1. The molecule has 0 aromatic heterocycles. The van der Waals surface area contributed by atoms with Crippen LogP contribution in [0.5, 0.6) is 11.5 Å². The molecule has 1 aliphatic heterocycles. The number of rotatable bonds is 5. The normalized spacial score (nSPS) is 15.8. The van der Waals surface area contributed by atoms with E-state index in [0.717, 1.165) is 16.9 Å². The van der Waals surface area contributed by atoms with E-state index in [2.05, 4.69) is 5.32 Å². The van der Waals surface area contributed by atoms with Crippen molar-refractivity contribution in [3.63, 3.8) is 0 Å². The first kappa shape index (κ1) is 14.4. The largest absolute Gasteiger partial charge is 0.493 e. The van der Waals surface area contributed by atoms with Gasteiger partial charge < -0.3 is 14.8 Å². The fourth-order valence-electron chi connectivity index (χ4n) is 2.47. The lowest BCUT2D eigenvalue weighted by Crippen LogP contribution is -2.32. The summed E-state index contributed by atoms with van der Waals surface area (Å²) in [4.78, 5) is 11.9. The maximum absolute atomic E-state index is 11.9. The number of amides is 1. The summed E-state index contributed by atoms with van der Waals surface area (Å²) < 4.78 is 11.1. The summed E-state index contributed by atoms with van der Waals surface area (Å²) >= 11 is 0. The minimum Gasteiger partial charge on any atom is -0.493 e. The number of hydrogen-bond donors (Lipinski definition) is 1. The van der Waals surface area contributed by atoms with Crippen LogP contribution in [0.4, 0.5) is 0 Å². The summed E-state index contributed by atoms with van der Waals surface area (Å²) in [6.07, 6.45) is 0. The van der Waals surface area contributed by atoms with Gasteiger partial charge in [0.2, 0.25) is 0 Å². The van der Waals surface area contributed by atoms with Gasteiger partial charge in [-0.25, -0.2) is 0 Å². The van der Waals surface area contributed by atoms with Crippen molar-refractivity contribution < 1.29 is 14.3 Å². The Bertz CT molecular complexity index is 652. The minimum atomic E-state index is -0.120. The van der Waals surface area contributed by atoms with Crippen molar-refractivity contribution in [1.82, 2.24) is 5.32 Å². The number of carbonyl (C=O) groups excluding carboxylic acids is 1. The second-order valence-electron chi connectivity index (χ2n) is 5.45. The van der Waals surface area contributed by atoms with Crippen molar-refractivity contribution >= 4 is 5.91 Å². The van der Waals surface area contributed by atoms with Crippen LogP contribution in [-0.4, -0.2) is 25.7 Å². The topological polar surface area (TPSA) is 47.6 Å². The van der Waals surface area contributed by atoms with Gasteiger partial charge in [0.1, 0.15) is 11.5 Å². The van der Waals surface area contributed by atoms with Gasteiger partial charge in [0.05, 0.1) is 6.61 Å². The maximum Gasteiger partial charge on any atom is 0.257 e.